The van der Waals surface area contributed by atoms with Gasteiger partial charge in [-0.05, 0) is 67.9 Å². The highest BCUT2D eigenvalue weighted by molar-refractivity contribution is 7.92. The molecular formula is C28H22ClF3N2O4S. The normalized spacial score (nSPS) is 24.1. The average molecular weight is 575 g/mol. The Morgan fingerprint density at radius 1 is 1.03 bits per heavy atom. The fourth-order valence-electron chi connectivity index (χ4n) is 5.60. The minimum atomic E-state index is -4.04. The Labute approximate surface area is 228 Å². The predicted octanol–water partition coefficient (Wildman–Crippen LogP) is 5.15. The van der Waals surface area contributed by atoms with Crippen molar-refractivity contribution in [3.8, 4) is 11.8 Å². The SMILES string of the molecule is O=C(Nc1cc(F)c(F)c(F)c1)c1ccc(Cl)c(S(=O)(=O)C2C3CC[C@H]2C[C@@](O)(C#Cc2ccncc2)C3)c1. The summed E-state index contributed by atoms with van der Waals surface area (Å²) in [5, 5.41) is 12.5. The van der Waals surface area contributed by atoms with Crippen LogP contribution in [-0.2, 0) is 9.84 Å². The molecule has 2 unspecified atom stereocenters. The Balaban J connectivity index is 1.39. The van der Waals surface area contributed by atoms with Crippen LogP contribution in [0.15, 0.2) is 59.8 Å². The fourth-order valence-corrected chi connectivity index (χ4v) is 8.44. The predicted molar refractivity (Wildman–Crippen MR) is 138 cm³/mol. The van der Waals surface area contributed by atoms with Crippen LogP contribution in [-0.4, -0.2) is 35.3 Å². The van der Waals surface area contributed by atoms with Gasteiger partial charge >= 0.3 is 0 Å². The number of hydrogen-bond acceptors (Lipinski definition) is 5. The molecule has 1 heterocycles. The molecule has 2 saturated carbocycles. The maximum atomic E-state index is 13.8. The van der Waals surface area contributed by atoms with Gasteiger partial charge in [-0.25, -0.2) is 21.6 Å². The number of pyridine rings is 1. The molecule has 2 aliphatic rings. The largest absolute Gasteiger partial charge is 0.378 e. The number of aliphatic hydroxyl groups is 1. The number of hydrogen-bond donors (Lipinski definition) is 2. The van der Waals surface area contributed by atoms with Crippen LogP contribution in [0.5, 0.6) is 0 Å². The van der Waals surface area contributed by atoms with Gasteiger partial charge in [0, 0.05) is 41.3 Å². The molecule has 39 heavy (non-hydrogen) atoms. The van der Waals surface area contributed by atoms with Gasteiger partial charge in [0.2, 0.25) is 0 Å². The van der Waals surface area contributed by atoms with E-state index in [-0.39, 0.29) is 45.8 Å². The summed E-state index contributed by atoms with van der Waals surface area (Å²) >= 11 is 6.28. The molecule has 0 spiro atoms. The molecular weight excluding hydrogens is 553 g/mol. The minimum absolute atomic E-state index is 0.0804. The van der Waals surface area contributed by atoms with Gasteiger partial charge in [0.25, 0.3) is 5.91 Å². The van der Waals surface area contributed by atoms with Crippen LogP contribution in [0.2, 0.25) is 5.02 Å². The second-order valence-corrected chi connectivity index (χ2v) is 12.4. The van der Waals surface area contributed by atoms with Gasteiger partial charge < -0.3 is 10.4 Å². The molecule has 2 aliphatic carbocycles. The molecule has 11 heteroatoms. The highest BCUT2D eigenvalue weighted by Gasteiger charge is 2.54. The van der Waals surface area contributed by atoms with Crippen LogP contribution in [0.25, 0.3) is 0 Å². The van der Waals surface area contributed by atoms with Gasteiger partial charge in [0.05, 0.1) is 15.2 Å². The topological polar surface area (TPSA) is 96.4 Å². The first kappa shape index (κ1) is 27.2. The monoisotopic (exact) mass is 574 g/mol. The smallest absolute Gasteiger partial charge is 0.255 e. The van der Waals surface area contributed by atoms with Gasteiger partial charge in [0.15, 0.2) is 27.3 Å². The van der Waals surface area contributed by atoms with Crippen LogP contribution in [0.3, 0.4) is 0 Å². The number of rotatable bonds is 4. The quantitative estimate of drug-likeness (QED) is 0.332. The Kier molecular flexibility index (Phi) is 7.18. The molecule has 0 saturated heterocycles. The van der Waals surface area contributed by atoms with E-state index in [1.54, 1.807) is 24.5 Å². The molecule has 0 aliphatic heterocycles. The van der Waals surface area contributed by atoms with E-state index in [4.69, 9.17) is 11.6 Å². The van der Waals surface area contributed by atoms with Gasteiger partial charge in [0.1, 0.15) is 5.60 Å². The molecule has 2 bridgehead atoms. The fraction of sp³-hybridized carbons (Fsp3) is 0.286. The summed E-state index contributed by atoms with van der Waals surface area (Å²) in [6, 6.07) is 8.31. The van der Waals surface area contributed by atoms with E-state index in [0.717, 1.165) is 6.07 Å². The zero-order chi connectivity index (χ0) is 27.9. The van der Waals surface area contributed by atoms with E-state index >= 15 is 0 Å². The van der Waals surface area contributed by atoms with Crippen molar-refractivity contribution >= 4 is 33.0 Å². The van der Waals surface area contributed by atoms with Crippen molar-refractivity contribution in [1.29, 1.82) is 0 Å². The van der Waals surface area contributed by atoms with E-state index < -0.39 is 44.0 Å². The zero-order valence-electron chi connectivity index (χ0n) is 20.3. The summed E-state index contributed by atoms with van der Waals surface area (Å²) in [6.45, 7) is 0. The zero-order valence-corrected chi connectivity index (χ0v) is 21.9. The Hall–Kier alpha value is -3.39. The van der Waals surface area contributed by atoms with E-state index in [9.17, 15) is 31.5 Å². The summed E-state index contributed by atoms with van der Waals surface area (Å²) in [4.78, 5) is 16.5. The molecule has 1 amide bonds. The van der Waals surface area contributed by atoms with E-state index in [2.05, 4.69) is 22.1 Å². The number of carbonyl (C=O) groups excluding carboxylic acids is 1. The molecule has 2 N–H and O–H groups in total. The highest BCUT2D eigenvalue weighted by Crippen LogP contribution is 2.51. The molecule has 202 valence electrons. The number of aromatic nitrogens is 1. The van der Waals surface area contributed by atoms with Gasteiger partial charge in [-0.3, -0.25) is 9.78 Å². The molecule has 6 nitrogen and oxygen atoms in total. The first-order chi connectivity index (χ1) is 18.5. The number of benzene rings is 2. The lowest BCUT2D eigenvalue weighted by molar-refractivity contribution is 0.0340. The lowest BCUT2D eigenvalue weighted by Crippen LogP contribution is -2.45. The lowest BCUT2D eigenvalue weighted by atomic mass is 9.77. The molecule has 4 atom stereocenters. The van der Waals surface area contributed by atoms with Crippen molar-refractivity contribution in [3.63, 3.8) is 0 Å². The molecule has 1 aromatic heterocycles. The summed E-state index contributed by atoms with van der Waals surface area (Å²) in [5.41, 5.74) is -1.11. The summed E-state index contributed by atoms with van der Waals surface area (Å²) in [5.74, 6) is -0.376. The lowest BCUT2D eigenvalue weighted by Gasteiger charge is -2.38. The van der Waals surface area contributed by atoms with Crippen molar-refractivity contribution in [3.05, 3.63) is 88.5 Å². The summed E-state index contributed by atoms with van der Waals surface area (Å²) in [6.07, 6.45) is 4.71. The third-order valence-electron chi connectivity index (χ3n) is 7.26. The van der Waals surface area contributed by atoms with Crippen molar-refractivity contribution in [1.82, 2.24) is 4.98 Å². The number of nitrogens with zero attached hydrogens (tertiary/aromatic N) is 1. The van der Waals surface area contributed by atoms with Crippen LogP contribution in [0.4, 0.5) is 18.9 Å². The van der Waals surface area contributed by atoms with E-state index in [1.807, 2.05) is 0 Å². The van der Waals surface area contributed by atoms with Crippen LogP contribution < -0.4 is 5.32 Å². The maximum absolute atomic E-state index is 13.8. The van der Waals surface area contributed by atoms with Crippen molar-refractivity contribution < 1.29 is 31.5 Å². The number of nitrogens with one attached hydrogen (secondary N) is 1. The highest BCUT2D eigenvalue weighted by atomic mass is 35.5. The Bertz CT molecular complexity index is 1590. The average Bonchev–Trinajstić information content (AvgIpc) is 3.20. The Morgan fingerprint density at radius 3 is 2.26 bits per heavy atom. The molecule has 3 aromatic rings. The van der Waals surface area contributed by atoms with Gasteiger partial charge in [-0.1, -0.05) is 23.4 Å². The number of amides is 1. The molecule has 5 rings (SSSR count). The van der Waals surface area contributed by atoms with Gasteiger partial charge in [-0.2, -0.15) is 0 Å². The summed E-state index contributed by atoms with van der Waals surface area (Å²) < 4.78 is 68.0. The van der Waals surface area contributed by atoms with E-state index in [0.29, 0.717) is 30.5 Å². The number of anilines is 1. The molecule has 2 aromatic carbocycles. The maximum Gasteiger partial charge on any atom is 0.255 e. The number of carbonyl (C=O) groups is 1. The Morgan fingerprint density at radius 2 is 1.64 bits per heavy atom. The number of halogens is 4. The van der Waals surface area contributed by atoms with Crippen molar-refractivity contribution in [2.75, 3.05) is 5.32 Å². The second kappa shape index (κ2) is 10.3. The third kappa shape index (κ3) is 5.39. The first-order valence-corrected chi connectivity index (χ1v) is 14.0. The van der Waals surface area contributed by atoms with Crippen LogP contribution >= 0.6 is 11.6 Å². The number of fused-ring (bicyclic) bond motifs is 2. The standard InChI is InChI=1S/C28H22ClF3N2O4S/c29-21-4-3-17(27(35)34-20-12-22(30)25(32)23(31)13-20)11-24(21)39(37,38)26-18-1-2-19(26)15-28(36,14-18)8-5-16-6-9-33-10-7-16/h3-4,6-7,9-13,18-19,26,36H,1-2,14-15H2,(H,34,35)/t18-,19?,26?,28-/m0/s1. The molecule has 2 fully saturated rings. The second-order valence-electron chi connectivity index (χ2n) is 9.89. The van der Waals surface area contributed by atoms with E-state index in [1.165, 1.54) is 12.1 Å². The first-order valence-electron chi connectivity index (χ1n) is 12.1. The minimum Gasteiger partial charge on any atom is -0.378 e. The van der Waals surface area contributed by atoms with Gasteiger partial charge in [-0.15, -0.1) is 0 Å². The molecule has 0 radical (unpaired) electrons. The summed E-state index contributed by atoms with van der Waals surface area (Å²) in [7, 11) is -4.04. The third-order valence-corrected chi connectivity index (χ3v) is 10.1. The van der Waals surface area contributed by atoms with Crippen molar-refractivity contribution in [2.24, 2.45) is 11.8 Å². The number of sulfone groups is 1. The van der Waals surface area contributed by atoms with Crippen LogP contribution in [0, 0.1) is 41.1 Å². The van der Waals surface area contributed by atoms with Crippen LogP contribution in [0.1, 0.15) is 41.6 Å². The van der Waals surface area contributed by atoms with Crippen molar-refractivity contribution in [2.45, 2.75) is 41.4 Å².